The van der Waals surface area contributed by atoms with Gasteiger partial charge in [0.05, 0.1) is 0 Å². The van der Waals surface area contributed by atoms with E-state index in [9.17, 15) is 9.90 Å². The SMILES string of the molecule is CN(Cc1ccccc1O)C(=O)CCn1ccc2ccccc21. The average Bonchev–Trinajstić information content (AvgIpc) is 2.98. The van der Waals surface area contributed by atoms with E-state index < -0.39 is 0 Å². The van der Waals surface area contributed by atoms with Crippen LogP contribution in [0.1, 0.15) is 12.0 Å². The van der Waals surface area contributed by atoms with Crippen LogP contribution in [0.3, 0.4) is 0 Å². The van der Waals surface area contributed by atoms with Crippen molar-refractivity contribution >= 4 is 16.8 Å². The Morgan fingerprint density at radius 3 is 2.65 bits per heavy atom. The molecule has 0 fully saturated rings. The fourth-order valence-corrected chi connectivity index (χ4v) is 2.73. The first-order chi connectivity index (χ1) is 11.1. The van der Waals surface area contributed by atoms with Crippen molar-refractivity contribution in [2.75, 3.05) is 7.05 Å². The summed E-state index contributed by atoms with van der Waals surface area (Å²) in [5, 5.41) is 11.0. The molecule has 0 aliphatic heterocycles. The highest BCUT2D eigenvalue weighted by molar-refractivity contribution is 5.80. The number of rotatable bonds is 5. The van der Waals surface area contributed by atoms with Crippen molar-refractivity contribution in [2.45, 2.75) is 19.5 Å². The summed E-state index contributed by atoms with van der Waals surface area (Å²) in [6, 6.07) is 17.3. The highest BCUT2D eigenvalue weighted by atomic mass is 16.3. The molecule has 0 saturated carbocycles. The second kappa shape index (κ2) is 6.57. The lowest BCUT2D eigenvalue weighted by atomic mass is 10.2. The van der Waals surface area contributed by atoms with Crippen molar-refractivity contribution in [3.8, 4) is 5.75 Å². The Hall–Kier alpha value is -2.75. The lowest BCUT2D eigenvalue weighted by Crippen LogP contribution is -2.27. The van der Waals surface area contributed by atoms with Gasteiger partial charge in [-0.05, 0) is 23.6 Å². The van der Waals surface area contributed by atoms with E-state index in [0.717, 1.165) is 11.1 Å². The molecular weight excluding hydrogens is 288 g/mol. The topological polar surface area (TPSA) is 45.5 Å². The van der Waals surface area contributed by atoms with Crippen molar-refractivity contribution in [1.82, 2.24) is 9.47 Å². The van der Waals surface area contributed by atoms with Gasteiger partial charge in [-0.3, -0.25) is 4.79 Å². The Balaban J connectivity index is 1.62. The molecule has 0 saturated heterocycles. The average molecular weight is 308 g/mol. The molecule has 3 aromatic rings. The van der Waals surface area contributed by atoms with Crippen LogP contribution in [-0.4, -0.2) is 27.5 Å². The quantitative estimate of drug-likeness (QED) is 0.785. The first-order valence-electron chi connectivity index (χ1n) is 7.70. The fourth-order valence-electron chi connectivity index (χ4n) is 2.73. The molecule has 0 spiro atoms. The van der Waals surface area contributed by atoms with E-state index in [1.165, 1.54) is 5.39 Å². The predicted octanol–water partition coefficient (Wildman–Crippen LogP) is 3.40. The number of nitrogens with zero attached hydrogens (tertiary/aromatic N) is 2. The van der Waals surface area contributed by atoms with Crippen LogP contribution in [0.25, 0.3) is 10.9 Å². The molecule has 23 heavy (non-hydrogen) atoms. The number of phenols is 1. The standard InChI is InChI=1S/C19H20N2O2/c1-20(14-16-7-3-5-9-18(16)22)19(23)11-13-21-12-10-15-6-2-4-8-17(15)21/h2-10,12,22H,11,13-14H2,1H3. The minimum absolute atomic E-state index is 0.0611. The van der Waals surface area contributed by atoms with E-state index >= 15 is 0 Å². The molecule has 0 radical (unpaired) electrons. The summed E-state index contributed by atoms with van der Waals surface area (Å²) in [5.41, 5.74) is 1.90. The Morgan fingerprint density at radius 1 is 1.09 bits per heavy atom. The van der Waals surface area contributed by atoms with E-state index in [2.05, 4.69) is 22.8 Å². The van der Waals surface area contributed by atoms with Crippen LogP contribution in [0.15, 0.2) is 60.8 Å². The molecule has 1 amide bonds. The van der Waals surface area contributed by atoms with Crippen LogP contribution in [0.4, 0.5) is 0 Å². The molecule has 2 aromatic carbocycles. The molecule has 0 unspecified atom stereocenters. The number of phenolic OH excluding ortho intramolecular Hbond substituents is 1. The first kappa shape index (κ1) is 15.2. The van der Waals surface area contributed by atoms with Crippen molar-refractivity contribution < 1.29 is 9.90 Å². The minimum Gasteiger partial charge on any atom is -0.508 e. The summed E-state index contributed by atoms with van der Waals surface area (Å²) in [6.45, 7) is 1.06. The molecule has 118 valence electrons. The van der Waals surface area contributed by atoms with Crippen LogP contribution in [0, 0.1) is 0 Å². The van der Waals surface area contributed by atoms with Gasteiger partial charge in [0.15, 0.2) is 0 Å². The fraction of sp³-hybridized carbons (Fsp3) is 0.211. The normalized spacial score (nSPS) is 10.8. The minimum atomic E-state index is 0.0611. The van der Waals surface area contributed by atoms with Gasteiger partial charge in [0.2, 0.25) is 5.91 Å². The number of amides is 1. The third kappa shape index (κ3) is 3.37. The molecule has 3 rings (SSSR count). The highest BCUT2D eigenvalue weighted by Gasteiger charge is 2.11. The third-order valence-electron chi connectivity index (χ3n) is 4.07. The van der Waals surface area contributed by atoms with E-state index in [0.29, 0.717) is 19.5 Å². The number of aromatic hydroxyl groups is 1. The van der Waals surface area contributed by atoms with Crippen LogP contribution in [0.2, 0.25) is 0 Å². The molecule has 4 heteroatoms. The Labute approximate surface area is 135 Å². The lowest BCUT2D eigenvalue weighted by molar-refractivity contribution is -0.130. The smallest absolute Gasteiger partial charge is 0.224 e. The molecule has 1 heterocycles. The zero-order chi connectivity index (χ0) is 16.2. The van der Waals surface area contributed by atoms with E-state index in [1.807, 2.05) is 30.5 Å². The van der Waals surface area contributed by atoms with Gasteiger partial charge in [0, 0.05) is 43.8 Å². The van der Waals surface area contributed by atoms with Gasteiger partial charge in [-0.1, -0.05) is 36.4 Å². The number of benzene rings is 2. The maximum Gasteiger partial charge on any atom is 0.224 e. The van der Waals surface area contributed by atoms with Gasteiger partial charge >= 0.3 is 0 Å². The summed E-state index contributed by atoms with van der Waals surface area (Å²) in [7, 11) is 1.77. The number of aromatic nitrogens is 1. The Bertz CT molecular complexity index is 823. The number of carbonyl (C=O) groups is 1. The van der Waals surface area contributed by atoms with Gasteiger partial charge in [-0.15, -0.1) is 0 Å². The van der Waals surface area contributed by atoms with Crippen molar-refractivity contribution in [2.24, 2.45) is 0 Å². The van der Waals surface area contributed by atoms with Crippen molar-refractivity contribution in [1.29, 1.82) is 0 Å². The summed E-state index contributed by atoms with van der Waals surface area (Å²) >= 11 is 0. The van der Waals surface area contributed by atoms with E-state index in [1.54, 1.807) is 24.1 Å². The van der Waals surface area contributed by atoms with Crippen LogP contribution in [-0.2, 0) is 17.9 Å². The monoisotopic (exact) mass is 308 g/mol. The maximum absolute atomic E-state index is 12.3. The van der Waals surface area contributed by atoms with Gasteiger partial charge in [0.1, 0.15) is 5.75 Å². The maximum atomic E-state index is 12.3. The van der Waals surface area contributed by atoms with Gasteiger partial charge < -0.3 is 14.6 Å². The first-order valence-corrected chi connectivity index (χ1v) is 7.70. The molecule has 1 N–H and O–H groups in total. The second-order valence-electron chi connectivity index (χ2n) is 5.70. The summed E-state index contributed by atoms with van der Waals surface area (Å²) in [4.78, 5) is 14.0. The Kier molecular flexibility index (Phi) is 4.33. The van der Waals surface area contributed by atoms with Crippen molar-refractivity contribution in [3.05, 3.63) is 66.4 Å². The second-order valence-corrected chi connectivity index (χ2v) is 5.70. The van der Waals surface area contributed by atoms with Gasteiger partial charge in [-0.2, -0.15) is 0 Å². The van der Waals surface area contributed by atoms with E-state index in [4.69, 9.17) is 0 Å². The van der Waals surface area contributed by atoms with Gasteiger partial charge in [-0.25, -0.2) is 0 Å². The molecule has 0 aliphatic rings. The molecule has 0 aliphatic carbocycles. The summed E-state index contributed by atoms with van der Waals surface area (Å²) in [5.74, 6) is 0.287. The number of hydrogen-bond acceptors (Lipinski definition) is 2. The number of para-hydroxylation sites is 2. The molecule has 4 nitrogen and oxygen atoms in total. The third-order valence-corrected chi connectivity index (χ3v) is 4.07. The zero-order valence-electron chi connectivity index (χ0n) is 13.1. The Morgan fingerprint density at radius 2 is 1.83 bits per heavy atom. The summed E-state index contributed by atoms with van der Waals surface area (Å²) < 4.78 is 2.10. The van der Waals surface area contributed by atoms with Crippen LogP contribution < -0.4 is 0 Å². The molecule has 0 atom stereocenters. The van der Waals surface area contributed by atoms with Crippen molar-refractivity contribution in [3.63, 3.8) is 0 Å². The number of aryl methyl sites for hydroxylation is 1. The van der Waals surface area contributed by atoms with Gasteiger partial charge in [0.25, 0.3) is 0 Å². The zero-order valence-corrected chi connectivity index (χ0v) is 13.1. The largest absolute Gasteiger partial charge is 0.508 e. The molecule has 0 bridgehead atoms. The highest BCUT2D eigenvalue weighted by Crippen LogP contribution is 2.18. The lowest BCUT2D eigenvalue weighted by Gasteiger charge is -2.18. The van der Waals surface area contributed by atoms with Crippen LogP contribution >= 0.6 is 0 Å². The number of fused-ring (bicyclic) bond motifs is 1. The molecule has 1 aromatic heterocycles. The van der Waals surface area contributed by atoms with E-state index in [-0.39, 0.29) is 11.7 Å². The summed E-state index contributed by atoms with van der Waals surface area (Å²) in [6.07, 6.45) is 2.45. The van der Waals surface area contributed by atoms with Crippen LogP contribution in [0.5, 0.6) is 5.75 Å². The predicted molar refractivity (Wildman–Crippen MR) is 91.1 cm³/mol. The molecular formula is C19H20N2O2. The number of carbonyl (C=O) groups excluding carboxylic acids is 1. The number of hydrogen-bond donors (Lipinski definition) is 1.